The van der Waals surface area contributed by atoms with E-state index >= 15 is 0 Å². The van der Waals surface area contributed by atoms with E-state index in [-0.39, 0.29) is 24.5 Å². The fraction of sp³-hybridized carbons (Fsp3) is 0.308. The zero-order valence-corrected chi connectivity index (χ0v) is 21.1. The lowest BCUT2D eigenvalue weighted by Gasteiger charge is -2.31. The number of carbonyl (C=O) groups is 1. The van der Waals surface area contributed by atoms with Crippen molar-refractivity contribution in [3.8, 4) is 17.0 Å². The summed E-state index contributed by atoms with van der Waals surface area (Å²) in [5.41, 5.74) is 2.43. The van der Waals surface area contributed by atoms with Crippen LogP contribution in [0, 0.1) is 0 Å². The SMILES string of the molecule is COc1ccc(/C=C/c2nc(-c3ccc(Cl)cc3Cl)cn2CC(=O)N(C(C)C)C(C)C)cc1. The van der Waals surface area contributed by atoms with Gasteiger partial charge in [-0.1, -0.05) is 41.4 Å². The van der Waals surface area contributed by atoms with Gasteiger partial charge < -0.3 is 14.2 Å². The highest BCUT2D eigenvalue weighted by Gasteiger charge is 2.22. The lowest BCUT2D eigenvalue weighted by molar-refractivity contribution is -0.135. The Morgan fingerprint density at radius 1 is 1.06 bits per heavy atom. The molecule has 7 heteroatoms. The van der Waals surface area contributed by atoms with Crippen LogP contribution in [0.1, 0.15) is 39.1 Å². The molecule has 33 heavy (non-hydrogen) atoms. The molecule has 0 saturated carbocycles. The first-order valence-electron chi connectivity index (χ1n) is 10.9. The molecule has 174 valence electrons. The first-order chi connectivity index (χ1) is 15.7. The average Bonchev–Trinajstić information content (AvgIpc) is 3.14. The minimum Gasteiger partial charge on any atom is -0.497 e. The molecular weight excluding hydrogens is 457 g/mol. The summed E-state index contributed by atoms with van der Waals surface area (Å²) >= 11 is 12.5. The number of ether oxygens (including phenoxy) is 1. The number of imidazole rings is 1. The summed E-state index contributed by atoms with van der Waals surface area (Å²) in [5, 5.41) is 1.07. The van der Waals surface area contributed by atoms with Crippen LogP contribution in [-0.4, -0.2) is 39.6 Å². The summed E-state index contributed by atoms with van der Waals surface area (Å²) in [5.74, 6) is 1.49. The second-order valence-electron chi connectivity index (χ2n) is 8.33. The maximum atomic E-state index is 13.1. The van der Waals surface area contributed by atoms with Crippen LogP contribution in [0.3, 0.4) is 0 Å². The number of aromatic nitrogens is 2. The fourth-order valence-electron chi connectivity index (χ4n) is 3.80. The van der Waals surface area contributed by atoms with Crippen molar-refractivity contribution in [2.75, 3.05) is 7.11 Å². The van der Waals surface area contributed by atoms with E-state index in [4.69, 9.17) is 32.9 Å². The van der Waals surface area contributed by atoms with Crippen LogP contribution in [0.25, 0.3) is 23.4 Å². The molecule has 1 aromatic heterocycles. The van der Waals surface area contributed by atoms with Gasteiger partial charge in [0, 0.05) is 28.9 Å². The molecule has 0 bridgehead atoms. The molecule has 0 aliphatic heterocycles. The molecule has 0 spiro atoms. The van der Waals surface area contributed by atoms with Crippen LogP contribution in [0.5, 0.6) is 5.75 Å². The molecular formula is C26H29Cl2N3O2. The van der Waals surface area contributed by atoms with E-state index in [0.29, 0.717) is 21.6 Å². The molecule has 0 saturated heterocycles. The summed E-state index contributed by atoms with van der Waals surface area (Å²) < 4.78 is 7.08. The number of amides is 1. The third-order valence-electron chi connectivity index (χ3n) is 5.26. The Balaban J connectivity index is 1.98. The predicted octanol–water partition coefficient (Wildman–Crippen LogP) is 6.68. The molecule has 0 radical (unpaired) electrons. The van der Waals surface area contributed by atoms with Gasteiger partial charge in [-0.15, -0.1) is 0 Å². The van der Waals surface area contributed by atoms with Gasteiger partial charge >= 0.3 is 0 Å². The number of hydrogen-bond acceptors (Lipinski definition) is 3. The van der Waals surface area contributed by atoms with Crippen LogP contribution in [0.15, 0.2) is 48.7 Å². The monoisotopic (exact) mass is 485 g/mol. The molecule has 0 N–H and O–H groups in total. The molecule has 3 rings (SSSR count). The van der Waals surface area contributed by atoms with Crippen LogP contribution < -0.4 is 4.74 Å². The summed E-state index contributed by atoms with van der Waals surface area (Å²) in [7, 11) is 1.64. The molecule has 0 aliphatic carbocycles. The van der Waals surface area contributed by atoms with Crippen molar-refractivity contribution in [2.45, 2.75) is 46.3 Å². The van der Waals surface area contributed by atoms with Gasteiger partial charge in [0.05, 0.1) is 17.8 Å². The third kappa shape index (κ3) is 6.18. The number of halogens is 2. The first-order valence-corrected chi connectivity index (χ1v) is 11.6. The zero-order chi connectivity index (χ0) is 24.1. The quantitative estimate of drug-likeness (QED) is 0.357. The Hall–Kier alpha value is -2.76. The Labute approximate surface area is 205 Å². The maximum Gasteiger partial charge on any atom is 0.243 e. The molecule has 2 aromatic carbocycles. The highest BCUT2D eigenvalue weighted by Crippen LogP contribution is 2.30. The number of hydrogen-bond donors (Lipinski definition) is 0. The Morgan fingerprint density at radius 2 is 1.73 bits per heavy atom. The van der Waals surface area contributed by atoms with Crippen molar-refractivity contribution < 1.29 is 9.53 Å². The van der Waals surface area contributed by atoms with Gasteiger partial charge in [0.25, 0.3) is 0 Å². The molecule has 1 heterocycles. The van der Waals surface area contributed by atoms with E-state index in [0.717, 1.165) is 16.9 Å². The third-order valence-corrected chi connectivity index (χ3v) is 5.81. The summed E-state index contributed by atoms with van der Waals surface area (Å²) in [6, 6.07) is 13.2. The van der Waals surface area contributed by atoms with Gasteiger partial charge in [-0.05, 0) is 69.7 Å². The topological polar surface area (TPSA) is 47.4 Å². The highest BCUT2D eigenvalue weighted by molar-refractivity contribution is 6.36. The normalized spacial score (nSPS) is 11.5. The minimum absolute atomic E-state index is 0.0326. The number of benzene rings is 2. The van der Waals surface area contributed by atoms with Gasteiger partial charge in [-0.2, -0.15) is 0 Å². The van der Waals surface area contributed by atoms with Crippen molar-refractivity contribution in [3.05, 3.63) is 70.1 Å². The van der Waals surface area contributed by atoms with E-state index in [1.807, 2.05) is 85.8 Å². The second kappa shape index (κ2) is 10.9. The molecule has 3 aromatic rings. The maximum absolute atomic E-state index is 13.1. The highest BCUT2D eigenvalue weighted by atomic mass is 35.5. The molecule has 0 atom stereocenters. The van der Waals surface area contributed by atoms with Gasteiger partial charge in [-0.25, -0.2) is 4.98 Å². The molecule has 1 amide bonds. The molecule has 5 nitrogen and oxygen atoms in total. The number of rotatable bonds is 8. The van der Waals surface area contributed by atoms with Crippen LogP contribution in [0.4, 0.5) is 0 Å². The average molecular weight is 486 g/mol. The zero-order valence-electron chi connectivity index (χ0n) is 19.5. The van der Waals surface area contributed by atoms with Crippen LogP contribution >= 0.6 is 23.2 Å². The minimum atomic E-state index is 0.0326. The Morgan fingerprint density at radius 3 is 2.30 bits per heavy atom. The van der Waals surface area contributed by atoms with Crippen molar-refractivity contribution >= 4 is 41.3 Å². The van der Waals surface area contributed by atoms with Gasteiger partial charge in [0.1, 0.15) is 18.1 Å². The number of methoxy groups -OCH3 is 1. The summed E-state index contributed by atoms with van der Waals surface area (Å²) in [6.07, 6.45) is 5.72. The van der Waals surface area contributed by atoms with E-state index in [2.05, 4.69) is 0 Å². The van der Waals surface area contributed by atoms with E-state index < -0.39 is 0 Å². The summed E-state index contributed by atoms with van der Waals surface area (Å²) in [6.45, 7) is 8.27. The van der Waals surface area contributed by atoms with Gasteiger partial charge in [0.15, 0.2) is 0 Å². The Kier molecular flexibility index (Phi) is 8.22. The standard InChI is InChI=1S/C26H29Cl2N3O2/c1-17(2)31(18(3)4)26(32)16-30-15-24(22-12-9-20(27)14-23(22)28)29-25(30)13-8-19-6-10-21(33-5)11-7-19/h6-15,17-18H,16H2,1-5H3/b13-8+. The van der Waals surface area contributed by atoms with Gasteiger partial charge in [-0.3, -0.25) is 4.79 Å². The second-order valence-corrected chi connectivity index (χ2v) is 9.18. The first kappa shape index (κ1) is 24.9. The number of nitrogens with zero attached hydrogens (tertiary/aromatic N) is 3. The predicted molar refractivity (Wildman–Crippen MR) is 137 cm³/mol. The molecule has 0 fully saturated rings. The van der Waals surface area contributed by atoms with Crippen LogP contribution in [0.2, 0.25) is 10.0 Å². The van der Waals surface area contributed by atoms with Crippen molar-refractivity contribution in [2.24, 2.45) is 0 Å². The van der Waals surface area contributed by atoms with E-state index in [9.17, 15) is 4.79 Å². The van der Waals surface area contributed by atoms with Crippen molar-refractivity contribution in [1.82, 2.24) is 14.5 Å². The van der Waals surface area contributed by atoms with Crippen molar-refractivity contribution in [3.63, 3.8) is 0 Å². The summed E-state index contributed by atoms with van der Waals surface area (Å²) in [4.78, 5) is 19.8. The van der Waals surface area contributed by atoms with Crippen LogP contribution in [-0.2, 0) is 11.3 Å². The lowest BCUT2D eigenvalue weighted by atomic mass is 10.2. The smallest absolute Gasteiger partial charge is 0.243 e. The van der Waals surface area contributed by atoms with E-state index in [1.165, 1.54) is 0 Å². The van der Waals surface area contributed by atoms with Gasteiger partial charge in [0.2, 0.25) is 5.91 Å². The fourth-order valence-corrected chi connectivity index (χ4v) is 4.31. The van der Waals surface area contributed by atoms with E-state index in [1.54, 1.807) is 19.2 Å². The Bertz CT molecular complexity index is 1130. The lowest BCUT2D eigenvalue weighted by Crippen LogP contribution is -2.43. The van der Waals surface area contributed by atoms with Crippen molar-refractivity contribution in [1.29, 1.82) is 0 Å². The molecule has 0 aliphatic rings. The largest absolute Gasteiger partial charge is 0.497 e. The number of carbonyl (C=O) groups excluding carboxylic acids is 1. The molecule has 0 unspecified atom stereocenters.